The summed E-state index contributed by atoms with van der Waals surface area (Å²) >= 11 is 0. The molecular weight excluding hydrogens is 309 g/mol. The van der Waals surface area contributed by atoms with Gasteiger partial charge in [-0.2, -0.15) is 13.2 Å². The first-order valence-corrected chi connectivity index (χ1v) is 7.42. The zero-order valence-corrected chi connectivity index (χ0v) is 12.1. The van der Waals surface area contributed by atoms with Gasteiger partial charge in [-0.3, -0.25) is 4.79 Å². The summed E-state index contributed by atoms with van der Waals surface area (Å²) in [5.74, 6) is -0.752. The van der Waals surface area contributed by atoms with Crippen molar-refractivity contribution in [1.29, 1.82) is 0 Å². The van der Waals surface area contributed by atoms with Gasteiger partial charge in [-0.15, -0.1) is 0 Å². The molecule has 0 aliphatic heterocycles. The fourth-order valence-electron chi connectivity index (χ4n) is 1.61. The third-order valence-corrected chi connectivity index (χ3v) is 4.27. The summed E-state index contributed by atoms with van der Waals surface area (Å²) in [5, 5.41) is 2.74. The number of halogens is 3. The maximum absolute atomic E-state index is 12.4. The molecule has 1 amide bonds. The number of amides is 1. The second-order valence-electron chi connectivity index (χ2n) is 4.74. The van der Waals surface area contributed by atoms with Gasteiger partial charge in [-0.1, -0.05) is 13.8 Å². The zero-order valence-electron chi connectivity index (χ0n) is 11.3. The molecule has 0 aliphatic rings. The number of nitrogens with two attached hydrogens (primary N) is 1. The van der Waals surface area contributed by atoms with E-state index in [1.165, 1.54) is 0 Å². The Morgan fingerprint density at radius 1 is 1.19 bits per heavy atom. The summed E-state index contributed by atoms with van der Waals surface area (Å²) in [6.07, 6.45) is 0. The molecule has 0 spiro atoms. The lowest BCUT2D eigenvalue weighted by atomic mass is 10.0. The molecule has 1 unspecified atom stereocenters. The van der Waals surface area contributed by atoms with E-state index in [1.54, 1.807) is 13.8 Å². The normalized spacial score (nSPS) is 14.0. The Morgan fingerprint density at radius 3 is 2.00 bits per heavy atom. The average Bonchev–Trinajstić information content (AvgIpc) is 2.34. The number of rotatable bonds is 5. The van der Waals surface area contributed by atoms with Crippen LogP contribution in [0.5, 0.6) is 0 Å². The summed E-state index contributed by atoms with van der Waals surface area (Å²) in [4.78, 5) is 10.4. The van der Waals surface area contributed by atoms with Crippen molar-refractivity contribution in [3.8, 4) is 0 Å². The van der Waals surface area contributed by atoms with Crippen molar-refractivity contribution in [2.24, 2.45) is 11.7 Å². The number of hydrogen-bond donors (Lipinski definition) is 2. The van der Waals surface area contributed by atoms with Gasteiger partial charge in [-0.25, -0.2) is 8.42 Å². The highest BCUT2D eigenvalue weighted by Crippen LogP contribution is 2.30. The predicted octanol–water partition coefficient (Wildman–Crippen LogP) is 1.90. The van der Waals surface area contributed by atoms with Crippen LogP contribution in [0.3, 0.4) is 0 Å². The van der Waals surface area contributed by atoms with Crippen LogP contribution in [0.4, 0.5) is 18.9 Å². The highest BCUT2D eigenvalue weighted by Gasteiger charge is 2.46. The Bertz CT molecular complexity index is 610. The molecular formula is C12H15F3N2O3S. The quantitative estimate of drug-likeness (QED) is 0.866. The minimum atomic E-state index is -5.37. The minimum Gasteiger partial charge on any atom is -0.373 e. The molecule has 0 aromatic heterocycles. The Kier molecular flexibility index (Phi) is 4.87. The number of sulfone groups is 1. The Morgan fingerprint density at radius 2 is 1.67 bits per heavy atom. The molecule has 0 bridgehead atoms. The summed E-state index contributed by atoms with van der Waals surface area (Å²) in [6.45, 7) is 3.48. The highest BCUT2D eigenvalue weighted by atomic mass is 32.2. The number of primary amides is 1. The molecule has 0 heterocycles. The van der Waals surface area contributed by atoms with Crippen molar-refractivity contribution in [3.05, 3.63) is 24.3 Å². The summed E-state index contributed by atoms with van der Waals surface area (Å²) in [5.41, 5.74) is 0.144. The first-order chi connectivity index (χ1) is 9.46. The van der Waals surface area contributed by atoms with Gasteiger partial charge in [0.05, 0.1) is 4.90 Å². The molecule has 0 radical (unpaired) electrons. The summed E-state index contributed by atoms with van der Waals surface area (Å²) in [6, 6.07) is 3.23. The standard InChI is InChI=1S/C12H15F3N2O3S/c1-7(2)10(11(16)18)17-8-3-5-9(6-4-8)21(19,20)12(13,14)15/h3-7,10,17H,1-2H3,(H2,16,18). The van der Waals surface area contributed by atoms with Crippen LogP contribution >= 0.6 is 0 Å². The van der Waals surface area contributed by atoms with Crippen LogP contribution in [-0.4, -0.2) is 25.9 Å². The van der Waals surface area contributed by atoms with Gasteiger partial charge >= 0.3 is 5.51 Å². The lowest BCUT2D eigenvalue weighted by molar-refractivity contribution is -0.119. The zero-order chi connectivity index (χ0) is 16.4. The van der Waals surface area contributed by atoms with Gasteiger partial charge in [0.15, 0.2) is 0 Å². The molecule has 1 aromatic rings. The molecule has 0 saturated heterocycles. The van der Waals surface area contributed by atoms with Crippen molar-refractivity contribution < 1.29 is 26.4 Å². The van der Waals surface area contributed by atoms with E-state index in [0.29, 0.717) is 5.69 Å². The van der Waals surface area contributed by atoms with Gasteiger partial charge in [0, 0.05) is 5.69 Å². The van der Waals surface area contributed by atoms with Crippen molar-refractivity contribution in [1.82, 2.24) is 0 Å². The Labute approximate surface area is 120 Å². The molecule has 1 aromatic carbocycles. The van der Waals surface area contributed by atoms with Crippen LogP contribution in [0.15, 0.2) is 29.2 Å². The highest BCUT2D eigenvalue weighted by molar-refractivity contribution is 7.92. The van der Waals surface area contributed by atoms with Gasteiger partial charge in [0.2, 0.25) is 5.91 Å². The van der Waals surface area contributed by atoms with Crippen molar-refractivity contribution in [3.63, 3.8) is 0 Å². The van der Waals surface area contributed by atoms with Gasteiger partial charge in [-0.05, 0) is 30.2 Å². The topological polar surface area (TPSA) is 89.3 Å². The second kappa shape index (κ2) is 5.92. The number of nitrogens with one attached hydrogen (secondary N) is 1. The second-order valence-corrected chi connectivity index (χ2v) is 6.68. The maximum atomic E-state index is 12.4. The molecule has 118 valence electrons. The average molecular weight is 324 g/mol. The van der Waals surface area contributed by atoms with E-state index < -0.39 is 32.2 Å². The van der Waals surface area contributed by atoms with Crippen LogP contribution in [0.2, 0.25) is 0 Å². The van der Waals surface area contributed by atoms with Crippen molar-refractivity contribution in [2.45, 2.75) is 30.3 Å². The number of carbonyl (C=O) groups excluding carboxylic acids is 1. The van der Waals surface area contributed by atoms with Crippen LogP contribution in [-0.2, 0) is 14.6 Å². The van der Waals surface area contributed by atoms with E-state index >= 15 is 0 Å². The molecule has 3 N–H and O–H groups in total. The summed E-state index contributed by atoms with van der Waals surface area (Å²) < 4.78 is 59.5. The molecule has 1 rings (SSSR count). The first kappa shape index (κ1) is 17.3. The number of alkyl halides is 3. The van der Waals surface area contributed by atoms with E-state index in [9.17, 15) is 26.4 Å². The van der Waals surface area contributed by atoms with E-state index in [0.717, 1.165) is 24.3 Å². The molecule has 0 aliphatic carbocycles. The minimum absolute atomic E-state index is 0.138. The number of anilines is 1. The van der Waals surface area contributed by atoms with Crippen LogP contribution in [0.1, 0.15) is 13.8 Å². The predicted molar refractivity (Wildman–Crippen MR) is 71.1 cm³/mol. The monoisotopic (exact) mass is 324 g/mol. The molecule has 0 saturated carbocycles. The largest absolute Gasteiger partial charge is 0.501 e. The fourth-order valence-corrected chi connectivity index (χ4v) is 2.37. The van der Waals surface area contributed by atoms with Crippen LogP contribution in [0.25, 0.3) is 0 Å². The van der Waals surface area contributed by atoms with Gasteiger partial charge in [0.1, 0.15) is 6.04 Å². The van der Waals surface area contributed by atoms with Crippen molar-refractivity contribution >= 4 is 21.4 Å². The Hall–Kier alpha value is -1.77. The Balaban J connectivity index is 3.02. The first-order valence-electron chi connectivity index (χ1n) is 5.94. The van der Waals surface area contributed by atoms with Gasteiger partial charge < -0.3 is 11.1 Å². The maximum Gasteiger partial charge on any atom is 0.501 e. The molecule has 1 atom stereocenters. The third-order valence-electron chi connectivity index (χ3n) is 2.76. The lowest BCUT2D eigenvalue weighted by Gasteiger charge is -2.20. The lowest BCUT2D eigenvalue weighted by Crippen LogP contribution is -2.39. The smallest absolute Gasteiger partial charge is 0.373 e. The SMILES string of the molecule is CC(C)C(Nc1ccc(S(=O)(=O)C(F)(F)F)cc1)C(N)=O. The molecule has 9 heteroatoms. The van der Waals surface area contributed by atoms with E-state index in [1.807, 2.05) is 0 Å². The van der Waals surface area contributed by atoms with E-state index in [2.05, 4.69) is 5.32 Å². The third kappa shape index (κ3) is 3.87. The molecule has 21 heavy (non-hydrogen) atoms. The molecule has 5 nitrogen and oxygen atoms in total. The van der Waals surface area contributed by atoms with E-state index in [4.69, 9.17) is 5.73 Å². The molecule has 0 fully saturated rings. The number of benzene rings is 1. The van der Waals surface area contributed by atoms with Crippen LogP contribution in [0, 0.1) is 5.92 Å². The van der Waals surface area contributed by atoms with Crippen LogP contribution < -0.4 is 11.1 Å². The van der Waals surface area contributed by atoms with E-state index in [-0.39, 0.29) is 5.92 Å². The number of carbonyl (C=O) groups is 1. The fraction of sp³-hybridized carbons (Fsp3) is 0.417. The summed E-state index contributed by atoms with van der Waals surface area (Å²) in [7, 11) is -5.37. The number of hydrogen-bond acceptors (Lipinski definition) is 4. The van der Waals surface area contributed by atoms with Gasteiger partial charge in [0.25, 0.3) is 9.84 Å². The van der Waals surface area contributed by atoms with Crippen molar-refractivity contribution in [2.75, 3.05) is 5.32 Å².